The van der Waals surface area contributed by atoms with Crippen LogP contribution in [0.1, 0.15) is 66.2 Å². The standard InChI is InChI=1S/C22H30O2.BF4/c1-11(2)23-21-17-13-5-7-15(9-13)19(17)22(24-12(3)4)20-16-8-6-14(10-16)18(20)21;2-1(3,4)5/h11-16H,5-10H2,1-4H3;/q+1;-1/t13-,14+,15+,16-;. The van der Waals surface area contributed by atoms with Crippen LogP contribution in [0.5, 0.6) is 0 Å². The maximum absolute atomic E-state index is 9.75. The van der Waals surface area contributed by atoms with Gasteiger partial charge in [0.05, 0.1) is 17.3 Å². The number of hydrogen-bond acceptors (Lipinski definition) is 1. The predicted molar refractivity (Wildman–Crippen MR) is 106 cm³/mol. The highest BCUT2D eigenvalue weighted by Gasteiger charge is 2.59. The van der Waals surface area contributed by atoms with E-state index in [1.165, 1.54) is 50.4 Å². The lowest BCUT2D eigenvalue weighted by molar-refractivity contribution is -0.492. The van der Waals surface area contributed by atoms with Crippen LogP contribution in [0.2, 0.25) is 0 Å². The molecule has 0 spiro atoms. The van der Waals surface area contributed by atoms with Gasteiger partial charge in [0.15, 0.2) is 0 Å². The van der Waals surface area contributed by atoms with E-state index in [4.69, 9.17) is 9.16 Å². The van der Waals surface area contributed by atoms with Crippen molar-refractivity contribution in [2.24, 2.45) is 23.7 Å². The van der Waals surface area contributed by atoms with Crippen LogP contribution in [-0.4, -0.2) is 25.2 Å². The summed E-state index contributed by atoms with van der Waals surface area (Å²) < 4.78 is 52.0. The third-order valence-electron chi connectivity index (χ3n) is 6.76. The molecular formula is C22H30BF4O2. The molecular weight excluding hydrogens is 383 g/mol. The maximum Gasteiger partial charge on any atom is 0.673 e. The maximum atomic E-state index is 9.75. The molecule has 0 saturated heterocycles. The molecule has 5 rings (SSSR count). The van der Waals surface area contributed by atoms with E-state index in [2.05, 4.69) is 27.7 Å². The molecule has 4 atom stereocenters. The Hall–Kier alpha value is -1.11. The number of halogens is 4. The minimum atomic E-state index is -6.00. The van der Waals surface area contributed by atoms with Crippen molar-refractivity contribution in [3.8, 4) is 0 Å². The average Bonchev–Trinajstić information content (AvgIpc) is 3.34. The molecule has 2 nitrogen and oxygen atoms in total. The Kier molecular flexibility index (Phi) is 5.50. The van der Waals surface area contributed by atoms with Gasteiger partial charge in [0.2, 0.25) is 0 Å². The minimum Gasteiger partial charge on any atom is -0.418 e. The molecule has 0 unspecified atom stereocenters. The molecule has 0 N–H and O–H groups in total. The number of carbonyl (C=O) groups excluding carboxylic acids is 1. The molecule has 0 heterocycles. The van der Waals surface area contributed by atoms with Gasteiger partial charge in [0, 0.05) is 13.8 Å². The topological polar surface area (TPSA) is 20.5 Å². The summed E-state index contributed by atoms with van der Waals surface area (Å²) in [5.41, 5.74) is 6.23. The first-order valence-corrected chi connectivity index (χ1v) is 11.0. The molecule has 0 amide bonds. The van der Waals surface area contributed by atoms with E-state index in [9.17, 15) is 17.3 Å². The number of allylic oxidation sites excluding steroid dienone is 2. The monoisotopic (exact) mass is 413 g/mol. The normalized spacial score (nSPS) is 34.5. The van der Waals surface area contributed by atoms with Gasteiger partial charge in [-0.05, 0) is 87.2 Å². The minimum absolute atomic E-state index is 0.258. The molecule has 5 aliphatic carbocycles. The predicted octanol–water partition coefficient (Wildman–Crippen LogP) is 6.22. The van der Waals surface area contributed by atoms with Crippen LogP contribution in [0.25, 0.3) is 0 Å². The van der Waals surface area contributed by atoms with E-state index in [1.807, 2.05) is 0 Å². The molecule has 161 valence electrons. The zero-order valence-corrected chi connectivity index (χ0v) is 17.6. The van der Waals surface area contributed by atoms with Crippen molar-refractivity contribution < 1.29 is 26.4 Å². The van der Waals surface area contributed by atoms with Crippen LogP contribution in [0.15, 0.2) is 22.3 Å². The van der Waals surface area contributed by atoms with Gasteiger partial charge in [-0.15, -0.1) is 0 Å². The second kappa shape index (κ2) is 7.54. The molecule has 29 heavy (non-hydrogen) atoms. The van der Waals surface area contributed by atoms with Crippen LogP contribution >= 0.6 is 0 Å². The van der Waals surface area contributed by atoms with Crippen LogP contribution < -0.4 is 0 Å². The van der Waals surface area contributed by atoms with Crippen LogP contribution in [0, 0.1) is 29.8 Å². The average molecular weight is 413 g/mol. The van der Waals surface area contributed by atoms with E-state index >= 15 is 0 Å². The fourth-order valence-corrected chi connectivity index (χ4v) is 6.14. The second-order valence-electron chi connectivity index (χ2n) is 9.55. The van der Waals surface area contributed by atoms with Gasteiger partial charge in [-0.2, -0.15) is 0 Å². The highest BCUT2D eigenvalue weighted by Crippen LogP contribution is 2.63. The van der Waals surface area contributed by atoms with Gasteiger partial charge >= 0.3 is 13.0 Å². The number of fused-ring (bicyclic) bond motifs is 8. The van der Waals surface area contributed by atoms with Gasteiger partial charge in [0.25, 0.3) is 6.10 Å². The molecule has 0 aromatic rings. The number of ether oxygens (including phenoxy) is 1. The quantitative estimate of drug-likeness (QED) is 0.306. The van der Waals surface area contributed by atoms with Crippen molar-refractivity contribution in [1.82, 2.24) is 0 Å². The largest absolute Gasteiger partial charge is 0.673 e. The van der Waals surface area contributed by atoms with Gasteiger partial charge in [-0.1, -0.05) is 0 Å². The summed E-state index contributed by atoms with van der Waals surface area (Å²) in [5, 5.41) is 0. The summed E-state index contributed by atoms with van der Waals surface area (Å²) in [5.74, 6) is 4.18. The highest BCUT2D eigenvalue weighted by atomic mass is 19.5. The SMILES string of the molecule is CC(C)O[C]1C2=C(C(=[O+]C(C)C)C3=C1[C@@H]1CC[C@H]3C1)[C@@H]1CC[C@H]2C1.F[B-](F)(F)F. The Labute approximate surface area is 170 Å². The summed E-state index contributed by atoms with van der Waals surface area (Å²) in [6.07, 6.45) is 9.86. The summed E-state index contributed by atoms with van der Waals surface area (Å²) in [6.45, 7) is 8.71. The number of ketones is 1. The Bertz CT molecular complexity index is 713. The van der Waals surface area contributed by atoms with Gasteiger partial charge in [0.1, 0.15) is 6.10 Å². The van der Waals surface area contributed by atoms with E-state index in [1.54, 1.807) is 22.3 Å². The lowest BCUT2D eigenvalue weighted by Gasteiger charge is -2.34. The van der Waals surface area contributed by atoms with Crippen molar-refractivity contribution in [3.63, 3.8) is 0 Å². The van der Waals surface area contributed by atoms with Crippen molar-refractivity contribution in [2.75, 3.05) is 0 Å². The zero-order chi connectivity index (χ0) is 21.1. The molecule has 5 aliphatic rings. The molecule has 0 aliphatic heterocycles. The molecule has 2 fully saturated rings. The fourth-order valence-electron chi connectivity index (χ4n) is 6.14. The molecule has 2 saturated carbocycles. The van der Waals surface area contributed by atoms with Gasteiger partial charge < -0.3 is 22.0 Å². The van der Waals surface area contributed by atoms with Crippen molar-refractivity contribution in [3.05, 3.63) is 28.4 Å². The van der Waals surface area contributed by atoms with Crippen LogP contribution in [-0.2, 0) is 9.16 Å². The Morgan fingerprint density at radius 3 is 1.48 bits per heavy atom. The van der Waals surface area contributed by atoms with E-state index in [0.29, 0.717) is 0 Å². The zero-order valence-electron chi connectivity index (χ0n) is 17.6. The third kappa shape index (κ3) is 3.96. The molecule has 1 radical (unpaired) electrons. The second-order valence-corrected chi connectivity index (χ2v) is 9.55. The fraction of sp³-hybridized carbons (Fsp3) is 0.727. The lowest BCUT2D eigenvalue weighted by Crippen LogP contribution is -2.32. The van der Waals surface area contributed by atoms with Gasteiger partial charge in [-0.3, -0.25) is 4.42 Å². The third-order valence-corrected chi connectivity index (χ3v) is 6.76. The summed E-state index contributed by atoms with van der Waals surface area (Å²) in [6, 6.07) is 0. The smallest absolute Gasteiger partial charge is 0.418 e. The summed E-state index contributed by atoms with van der Waals surface area (Å²) in [4.78, 5) is 0. The Balaban J connectivity index is 0.000000369. The molecule has 0 aromatic heterocycles. The first-order valence-electron chi connectivity index (χ1n) is 11.0. The van der Waals surface area contributed by atoms with Crippen molar-refractivity contribution in [2.45, 2.75) is 78.4 Å². The summed E-state index contributed by atoms with van der Waals surface area (Å²) >= 11 is 0. The number of hydrogen-bond donors (Lipinski definition) is 0. The first-order chi connectivity index (χ1) is 13.5. The summed E-state index contributed by atoms with van der Waals surface area (Å²) in [7, 11) is -6.00. The van der Waals surface area contributed by atoms with E-state index < -0.39 is 7.25 Å². The van der Waals surface area contributed by atoms with Crippen molar-refractivity contribution >= 4 is 13.0 Å². The number of rotatable bonds is 3. The lowest BCUT2D eigenvalue weighted by atomic mass is 9.72. The van der Waals surface area contributed by atoms with Gasteiger partial charge in [-0.25, -0.2) is 0 Å². The van der Waals surface area contributed by atoms with Crippen LogP contribution in [0.3, 0.4) is 0 Å². The Morgan fingerprint density at radius 1 is 0.759 bits per heavy atom. The van der Waals surface area contributed by atoms with Crippen molar-refractivity contribution in [1.29, 1.82) is 0 Å². The first kappa shape index (κ1) is 21.1. The molecule has 0 aromatic carbocycles. The van der Waals surface area contributed by atoms with E-state index in [-0.39, 0.29) is 12.2 Å². The molecule has 4 bridgehead atoms. The van der Waals surface area contributed by atoms with E-state index in [0.717, 1.165) is 23.7 Å². The highest BCUT2D eigenvalue weighted by molar-refractivity contribution is 6.50. The molecule has 7 heteroatoms. The van der Waals surface area contributed by atoms with Crippen LogP contribution in [0.4, 0.5) is 17.3 Å². The Morgan fingerprint density at radius 2 is 1.14 bits per heavy atom.